The Morgan fingerprint density at radius 1 is 1.57 bits per heavy atom. The summed E-state index contributed by atoms with van der Waals surface area (Å²) in [5.41, 5.74) is 1.81. The number of imidazole rings is 1. The normalized spacial score (nSPS) is 10.7. The third-order valence-corrected chi connectivity index (χ3v) is 2.12. The molecule has 0 unspecified atom stereocenters. The highest BCUT2D eigenvalue weighted by molar-refractivity contribution is 5.78. The number of carbonyl (C=O) groups excluding carboxylic acids is 1. The predicted molar refractivity (Wildman–Crippen MR) is 52.1 cm³/mol. The Morgan fingerprint density at radius 2 is 2.36 bits per heavy atom. The van der Waals surface area contributed by atoms with Gasteiger partial charge in [0, 0.05) is 18.8 Å². The first-order chi connectivity index (χ1) is 6.68. The average molecular weight is 189 g/mol. The molecule has 14 heavy (non-hydrogen) atoms. The summed E-state index contributed by atoms with van der Waals surface area (Å²) in [6.45, 7) is 3.47. The van der Waals surface area contributed by atoms with Crippen molar-refractivity contribution in [3.63, 3.8) is 0 Å². The summed E-state index contributed by atoms with van der Waals surface area (Å²) >= 11 is 0. The Morgan fingerprint density at radius 3 is 3.07 bits per heavy atom. The largest absolute Gasteiger partial charge is 0.300 e. The van der Waals surface area contributed by atoms with Gasteiger partial charge in [0.25, 0.3) is 0 Å². The number of Topliss-reactive ketones (excluding diaryl/α,β-unsaturated/α-hetero) is 1. The number of aromatic nitrogens is 3. The molecular formula is C10H11N3O. The van der Waals surface area contributed by atoms with E-state index in [0.717, 1.165) is 11.4 Å². The molecule has 0 radical (unpaired) electrons. The second-order valence-corrected chi connectivity index (χ2v) is 3.31. The number of nitrogens with zero attached hydrogens (tertiary/aromatic N) is 3. The second-order valence-electron chi connectivity index (χ2n) is 3.31. The molecule has 0 fully saturated rings. The van der Waals surface area contributed by atoms with E-state index in [2.05, 4.69) is 9.97 Å². The topological polar surface area (TPSA) is 47.3 Å². The van der Waals surface area contributed by atoms with Crippen LogP contribution < -0.4 is 0 Å². The van der Waals surface area contributed by atoms with Crippen molar-refractivity contribution in [3.05, 3.63) is 29.8 Å². The zero-order valence-electron chi connectivity index (χ0n) is 8.19. The lowest BCUT2D eigenvalue weighted by atomic mass is 10.2. The summed E-state index contributed by atoms with van der Waals surface area (Å²) in [6.07, 6.45) is 3.98. The second kappa shape index (κ2) is 3.21. The number of rotatable bonds is 2. The molecule has 2 rings (SSSR count). The number of fused-ring (bicyclic) bond motifs is 1. The molecule has 0 aliphatic carbocycles. The monoisotopic (exact) mass is 189 g/mol. The number of ketones is 1. The molecule has 2 aromatic heterocycles. The van der Waals surface area contributed by atoms with E-state index in [1.165, 1.54) is 0 Å². The molecule has 72 valence electrons. The molecule has 0 atom stereocenters. The number of carbonyl (C=O) groups is 1. The van der Waals surface area contributed by atoms with Gasteiger partial charge in [0.1, 0.15) is 5.78 Å². The van der Waals surface area contributed by atoms with Crippen LogP contribution in [-0.4, -0.2) is 20.2 Å². The summed E-state index contributed by atoms with van der Waals surface area (Å²) in [7, 11) is 0. The molecule has 0 spiro atoms. The first-order valence-corrected chi connectivity index (χ1v) is 4.46. The molecule has 4 heteroatoms. The molecule has 0 N–H and O–H groups in total. The maximum absolute atomic E-state index is 11.0. The zero-order valence-corrected chi connectivity index (χ0v) is 8.19. The lowest BCUT2D eigenvalue weighted by Crippen LogP contribution is -2.02. The van der Waals surface area contributed by atoms with Gasteiger partial charge in [0.05, 0.1) is 11.4 Å². The van der Waals surface area contributed by atoms with E-state index in [1.54, 1.807) is 13.1 Å². The van der Waals surface area contributed by atoms with Gasteiger partial charge in [-0.3, -0.25) is 9.20 Å². The maximum atomic E-state index is 11.0. The summed E-state index contributed by atoms with van der Waals surface area (Å²) in [5.74, 6) is 0.792. The first kappa shape index (κ1) is 8.87. The summed E-state index contributed by atoms with van der Waals surface area (Å²) in [4.78, 5) is 19.4. The van der Waals surface area contributed by atoms with E-state index in [4.69, 9.17) is 0 Å². The fourth-order valence-electron chi connectivity index (χ4n) is 1.49. The van der Waals surface area contributed by atoms with Gasteiger partial charge in [-0.2, -0.15) is 0 Å². The van der Waals surface area contributed by atoms with E-state index in [-0.39, 0.29) is 5.78 Å². The van der Waals surface area contributed by atoms with E-state index >= 15 is 0 Å². The molecule has 2 heterocycles. The summed E-state index contributed by atoms with van der Waals surface area (Å²) < 4.78 is 1.86. The molecule has 4 nitrogen and oxygen atoms in total. The van der Waals surface area contributed by atoms with Crippen LogP contribution in [0.15, 0.2) is 18.5 Å². The van der Waals surface area contributed by atoms with Gasteiger partial charge in [0.15, 0.2) is 0 Å². The molecule has 0 aliphatic rings. The highest BCUT2D eigenvalue weighted by Crippen LogP contribution is 2.10. The van der Waals surface area contributed by atoms with E-state index in [9.17, 15) is 4.79 Å². The van der Waals surface area contributed by atoms with Crippen LogP contribution in [0.1, 0.15) is 18.3 Å². The lowest BCUT2D eigenvalue weighted by Gasteiger charge is -1.98. The number of aryl methyl sites for hydroxylation is 1. The fourth-order valence-corrected chi connectivity index (χ4v) is 1.49. The molecule has 0 bridgehead atoms. The van der Waals surface area contributed by atoms with Crippen molar-refractivity contribution >= 4 is 11.6 Å². The molecule has 0 saturated heterocycles. The third-order valence-electron chi connectivity index (χ3n) is 2.12. The van der Waals surface area contributed by atoms with Gasteiger partial charge >= 0.3 is 0 Å². The van der Waals surface area contributed by atoms with Gasteiger partial charge in [-0.25, -0.2) is 9.97 Å². The highest BCUT2D eigenvalue weighted by Gasteiger charge is 2.10. The minimum atomic E-state index is 0.138. The van der Waals surface area contributed by atoms with E-state index in [1.807, 2.05) is 23.6 Å². The SMILES string of the molecule is CC(=O)Cc1c(C)nc2ncccn12. The summed E-state index contributed by atoms with van der Waals surface area (Å²) in [5, 5.41) is 0. The molecular weight excluding hydrogens is 178 g/mol. The van der Waals surface area contributed by atoms with Crippen LogP contribution in [-0.2, 0) is 11.2 Å². The Balaban J connectivity index is 2.62. The first-order valence-electron chi connectivity index (χ1n) is 4.46. The average Bonchev–Trinajstić information content (AvgIpc) is 2.43. The van der Waals surface area contributed by atoms with Crippen LogP contribution in [0.5, 0.6) is 0 Å². The van der Waals surface area contributed by atoms with Crippen molar-refractivity contribution < 1.29 is 4.79 Å². The van der Waals surface area contributed by atoms with Crippen LogP contribution in [0, 0.1) is 6.92 Å². The zero-order chi connectivity index (χ0) is 10.1. The van der Waals surface area contributed by atoms with Gasteiger partial charge in [-0.05, 0) is 19.9 Å². The number of hydrogen-bond donors (Lipinski definition) is 0. The molecule has 0 aliphatic heterocycles. The smallest absolute Gasteiger partial charge is 0.234 e. The standard InChI is InChI=1S/C10H11N3O/c1-7(14)6-9-8(2)12-10-11-4-3-5-13(9)10/h3-5H,6H2,1-2H3. The fraction of sp³-hybridized carbons (Fsp3) is 0.300. The number of hydrogen-bond acceptors (Lipinski definition) is 3. The van der Waals surface area contributed by atoms with Crippen molar-refractivity contribution in [1.29, 1.82) is 0 Å². The Bertz CT molecular complexity index is 487. The van der Waals surface area contributed by atoms with Crippen molar-refractivity contribution in [2.45, 2.75) is 20.3 Å². The van der Waals surface area contributed by atoms with Crippen molar-refractivity contribution in [2.24, 2.45) is 0 Å². The maximum Gasteiger partial charge on any atom is 0.234 e. The van der Waals surface area contributed by atoms with Gasteiger partial charge in [0.2, 0.25) is 5.78 Å². The minimum Gasteiger partial charge on any atom is -0.300 e. The van der Waals surface area contributed by atoms with E-state index in [0.29, 0.717) is 12.2 Å². The van der Waals surface area contributed by atoms with Gasteiger partial charge in [-0.1, -0.05) is 0 Å². The van der Waals surface area contributed by atoms with Crippen LogP contribution >= 0.6 is 0 Å². The van der Waals surface area contributed by atoms with Crippen molar-refractivity contribution in [1.82, 2.24) is 14.4 Å². The summed E-state index contributed by atoms with van der Waals surface area (Å²) in [6, 6.07) is 1.83. The van der Waals surface area contributed by atoms with Crippen LogP contribution in [0.25, 0.3) is 5.78 Å². The third kappa shape index (κ3) is 1.39. The van der Waals surface area contributed by atoms with Crippen LogP contribution in [0.4, 0.5) is 0 Å². The minimum absolute atomic E-state index is 0.138. The molecule has 0 aromatic carbocycles. The lowest BCUT2D eigenvalue weighted by molar-refractivity contribution is -0.116. The van der Waals surface area contributed by atoms with Crippen LogP contribution in [0.2, 0.25) is 0 Å². The Kier molecular flexibility index (Phi) is 2.04. The van der Waals surface area contributed by atoms with Gasteiger partial charge < -0.3 is 0 Å². The Labute approximate surface area is 81.6 Å². The van der Waals surface area contributed by atoms with Gasteiger partial charge in [-0.15, -0.1) is 0 Å². The van der Waals surface area contributed by atoms with Crippen molar-refractivity contribution in [3.8, 4) is 0 Å². The van der Waals surface area contributed by atoms with E-state index < -0.39 is 0 Å². The quantitative estimate of drug-likeness (QED) is 0.712. The van der Waals surface area contributed by atoms with Crippen LogP contribution in [0.3, 0.4) is 0 Å². The predicted octanol–water partition coefficient (Wildman–Crippen LogP) is 1.17. The Hall–Kier alpha value is -1.71. The van der Waals surface area contributed by atoms with Crippen molar-refractivity contribution in [2.75, 3.05) is 0 Å². The highest BCUT2D eigenvalue weighted by atomic mass is 16.1. The molecule has 0 saturated carbocycles. The molecule has 2 aromatic rings. The molecule has 0 amide bonds.